The van der Waals surface area contributed by atoms with Crippen molar-refractivity contribution >= 4 is 6.21 Å². The Balaban J connectivity index is 2.03. The molecule has 0 atom stereocenters. The van der Waals surface area contributed by atoms with E-state index in [4.69, 9.17) is 4.84 Å². The number of hydrogen-bond acceptors (Lipinski definition) is 3. The monoisotopic (exact) mass is 168 g/mol. The summed E-state index contributed by atoms with van der Waals surface area (Å²) >= 11 is 0. The lowest BCUT2D eigenvalue weighted by Gasteiger charge is -2.46. The molecular weight excluding hydrogens is 152 g/mol. The predicted molar refractivity (Wildman–Crippen MR) is 48.2 cm³/mol. The van der Waals surface area contributed by atoms with Gasteiger partial charge >= 0.3 is 0 Å². The summed E-state index contributed by atoms with van der Waals surface area (Å²) in [6.45, 7) is 3.74. The second kappa shape index (κ2) is 3.05. The fraction of sp³-hybridized carbons (Fsp3) is 0.889. The summed E-state index contributed by atoms with van der Waals surface area (Å²) in [4.78, 5) is 7.27. The molecule has 0 radical (unpaired) electrons. The summed E-state index contributed by atoms with van der Waals surface area (Å²) < 4.78 is 0. The molecule has 0 N–H and O–H groups in total. The van der Waals surface area contributed by atoms with Gasteiger partial charge in [0.15, 0.2) is 0 Å². The van der Waals surface area contributed by atoms with Gasteiger partial charge in [0, 0.05) is 5.41 Å². The topological polar surface area (TPSA) is 24.8 Å². The summed E-state index contributed by atoms with van der Waals surface area (Å²) in [5, 5.41) is 3.92. The van der Waals surface area contributed by atoms with Crippen LogP contribution >= 0.6 is 0 Å². The fourth-order valence-corrected chi connectivity index (χ4v) is 2.21. The molecule has 12 heavy (non-hydrogen) atoms. The van der Waals surface area contributed by atoms with Crippen molar-refractivity contribution in [3.8, 4) is 0 Å². The second-order valence-corrected chi connectivity index (χ2v) is 3.87. The van der Waals surface area contributed by atoms with E-state index in [2.05, 4.69) is 10.1 Å². The molecule has 3 aliphatic rings. The Morgan fingerprint density at radius 1 is 1.25 bits per heavy atom. The van der Waals surface area contributed by atoms with Crippen LogP contribution in [0.5, 0.6) is 0 Å². The highest BCUT2D eigenvalue weighted by atomic mass is 16.6. The van der Waals surface area contributed by atoms with Gasteiger partial charge in [-0.1, -0.05) is 5.16 Å². The Morgan fingerprint density at radius 3 is 2.33 bits per heavy atom. The summed E-state index contributed by atoms with van der Waals surface area (Å²) in [5.74, 6) is 0. The van der Waals surface area contributed by atoms with E-state index in [1.54, 1.807) is 7.11 Å². The van der Waals surface area contributed by atoms with Gasteiger partial charge in [0.2, 0.25) is 0 Å². The van der Waals surface area contributed by atoms with E-state index in [9.17, 15) is 0 Å². The van der Waals surface area contributed by atoms with Gasteiger partial charge in [0.1, 0.15) is 7.11 Å². The van der Waals surface area contributed by atoms with E-state index in [1.807, 2.05) is 6.21 Å². The Labute approximate surface area is 73.4 Å². The molecule has 0 aromatic carbocycles. The number of rotatable bonds is 2. The molecule has 3 aliphatic heterocycles. The lowest BCUT2D eigenvalue weighted by molar-refractivity contribution is 0.0745. The number of nitrogens with zero attached hydrogens (tertiary/aromatic N) is 2. The van der Waals surface area contributed by atoms with Gasteiger partial charge in [-0.2, -0.15) is 0 Å². The summed E-state index contributed by atoms with van der Waals surface area (Å²) in [7, 11) is 1.62. The molecule has 0 saturated carbocycles. The average molecular weight is 168 g/mol. The van der Waals surface area contributed by atoms with Gasteiger partial charge < -0.3 is 9.74 Å². The molecule has 3 heterocycles. The number of oxime groups is 1. The van der Waals surface area contributed by atoms with Crippen molar-refractivity contribution in [3.63, 3.8) is 0 Å². The van der Waals surface area contributed by atoms with Gasteiger partial charge in [-0.05, 0) is 38.9 Å². The SMILES string of the molecule is CON=CC12CCN(CC1)CC2. The van der Waals surface area contributed by atoms with Crippen molar-refractivity contribution < 1.29 is 4.84 Å². The predicted octanol–water partition coefficient (Wildman–Crippen LogP) is 1.10. The highest BCUT2D eigenvalue weighted by molar-refractivity contribution is 5.65. The van der Waals surface area contributed by atoms with Crippen LogP contribution in [0.25, 0.3) is 0 Å². The second-order valence-electron chi connectivity index (χ2n) is 3.87. The lowest BCUT2D eigenvalue weighted by Crippen LogP contribution is -2.48. The largest absolute Gasteiger partial charge is 0.399 e. The molecule has 3 fully saturated rings. The molecule has 3 rings (SSSR count). The minimum Gasteiger partial charge on any atom is -0.399 e. The van der Waals surface area contributed by atoms with E-state index in [1.165, 1.54) is 38.9 Å². The Hall–Kier alpha value is -0.570. The van der Waals surface area contributed by atoms with Crippen molar-refractivity contribution in [3.05, 3.63) is 0 Å². The summed E-state index contributed by atoms with van der Waals surface area (Å²) in [6, 6.07) is 0. The van der Waals surface area contributed by atoms with Gasteiger partial charge in [-0.3, -0.25) is 0 Å². The molecule has 3 saturated heterocycles. The van der Waals surface area contributed by atoms with Crippen LogP contribution in [0.15, 0.2) is 5.16 Å². The molecule has 2 bridgehead atoms. The first-order valence-electron chi connectivity index (χ1n) is 4.65. The van der Waals surface area contributed by atoms with Gasteiger partial charge in [-0.15, -0.1) is 0 Å². The minimum absolute atomic E-state index is 0.380. The first kappa shape index (κ1) is 8.05. The maximum absolute atomic E-state index is 4.74. The van der Waals surface area contributed by atoms with E-state index >= 15 is 0 Å². The van der Waals surface area contributed by atoms with Crippen molar-refractivity contribution in [1.29, 1.82) is 0 Å². The maximum Gasteiger partial charge on any atom is 0.106 e. The minimum atomic E-state index is 0.380. The molecule has 0 aliphatic carbocycles. The zero-order chi connectivity index (χ0) is 8.44. The molecule has 0 spiro atoms. The molecule has 0 aromatic heterocycles. The highest BCUT2D eigenvalue weighted by Crippen LogP contribution is 2.38. The highest BCUT2D eigenvalue weighted by Gasteiger charge is 2.38. The van der Waals surface area contributed by atoms with Crippen molar-refractivity contribution in [2.75, 3.05) is 26.7 Å². The fourth-order valence-electron chi connectivity index (χ4n) is 2.21. The van der Waals surface area contributed by atoms with Crippen LogP contribution in [0.1, 0.15) is 19.3 Å². The third-order valence-electron chi connectivity index (χ3n) is 3.21. The maximum atomic E-state index is 4.74. The molecule has 0 unspecified atom stereocenters. The zero-order valence-electron chi connectivity index (χ0n) is 7.62. The number of piperidine rings is 3. The van der Waals surface area contributed by atoms with Crippen LogP contribution in [0.4, 0.5) is 0 Å². The summed E-state index contributed by atoms with van der Waals surface area (Å²) in [6.07, 6.45) is 5.82. The van der Waals surface area contributed by atoms with Crippen LogP contribution < -0.4 is 0 Å². The van der Waals surface area contributed by atoms with Crippen LogP contribution in [0, 0.1) is 5.41 Å². The van der Waals surface area contributed by atoms with Crippen molar-refractivity contribution in [1.82, 2.24) is 4.90 Å². The molecule has 0 aromatic rings. The van der Waals surface area contributed by atoms with Crippen molar-refractivity contribution in [2.24, 2.45) is 10.6 Å². The summed E-state index contributed by atoms with van der Waals surface area (Å²) in [5.41, 5.74) is 0.380. The van der Waals surface area contributed by atoms with E-state index in [-0.39, 0.29) is 0 Å². The van der Waals surface area contributed by atoms with Crippen LogP contribution in [0.3, 0.4) is 0 Å². The van der Waals surface area contributed by atoms with Crippen LogP contribution in [-0.2, 0) is 4.84 Å². The smallest absolute Gasteiger partial charge is 0.106 e. The Morgan fingerprint density at radius 2 is 1.83 bits per heavy atom. The first-order valence-corrected chi connectivity index (χ1v) is 4.65. The van der Waals surface area contributed by atoms with Crippen LogP contribution in [0.2, 0.25) is 0 Å². The molecular formula is C9H16N2O. The van der Waals surface area contributed by atoms with E-state index in [0.29, 0.717) is 5.41 Å². The first-order chi connectivity index (χ1) is 5.85. The quantitative estimate of drug-likeness (QED) is 0.455. The standard InChI is InChI=1S/C9H16N2O/c1-12-10-8-9-2-5-11(6-3-9)7-4-9/h8H,2-7H2,1H3. The molecule has 68 valence electrons. The molecule has 0 amide bonds. The van der Waals surface area contributed by atoms with Crippen molar-refractivity contribution in [2.45, 2.75) is 19.3 Å². The van der Waals surface area contributed by atoms with Gasteiger partial charge in [0.25, 0.3) is 0 Å². The van der Waals surface area contributed by atoms with Gasteiger partial charge in [0.05, 0.1) is 6.21 Å². The zero-order valence-corrected chi connectivity index (χ0v) is 7.62. The third-order valence-corrected chi connectivity index (χ3v) is 3.21. The average Bonchev–Trinajstić information content (AvgIpc) is 2.18. The molecule has 3 nitrogen and oxygen atoms in total. The number of fused-ring (bicyclic) bond motifs is 3. The van der Waals surface area contributed by atoms with E-state index in [0.717, 1.165) is 0 Å². The Kier molecular flexibility index (Phi) is 2.05. The number of hydrogen-bond donors (Lipinski definition) is 0. The van der Waals surface area contributed by atoms with Gasteiger partial charge in [-0.25, -0.2) is 0 Å². The van der Waals surface area contributed by atoms with E-state index < -0.39 is 0 Å². The normalized spacial score (nSPS) is 40.6. The molecule has 3 heteroatoms. The lowest BCUT2D eigenvalue weighted by atomic mass is 9.73. The van der Waals surface area contributed by atoms with Crippen LogP contribution in [-0.4, -0.2) is 37.9 Å². The Bertz CT molecular complexity index is 169. The third kappa shape index (κ3) is 1.33.